The molecule has 2 atom stereocenters. The van der Waals surface area contributed by atoms with Gasteiger partial charge in [-0.15, -0.1) is 0 Å². The van der Waals surface area contributed by atoms with Crippen LogP contribution in [0.3, 0.4) is 0 Å². The van der Waals surface area contributed by atoms with Crippen LogP contribution in [0.15, 0.2) is 18.2 Å². The fourth-order valence-electron chi connectivity index (χ4n) is 2.37. The molecule has 0 saturated carbocycles. The maximum Gasteiger partial charge on any atom is 0.0596 e. The van der Waals surface area contributed by atoms with Gasteiger partial charge < -0.3 is 10.0 Å². The molecule has 0 spiro atoms. The first-order valence-corrected chi connectivity index (χ1v) is 6.62. The third-order valence-corrected chi connectivity index (χ3v) is 4.12. The minimum atomic E-state index is -0.208. The van der Waals surface area contributed by atoms with Crippen LogP contribution >= 0.6 is 23.2 Å². The van der Waals surface area contributed by atoms with Crippen LogP contribution in [-0.2, 0) is 6.42 Å². The summed E-state index contributed by atoms with van der Waals surface area (Å²) in [7, 11) is 2.09. The molecule has 1 aliphatic heterocycles. The standard InChI is InChI=1S/C13H17Cl2NO/c1-16-5-4-13(17)10(8-16)6-9-2-3-11(14)12(15)7-9/h2-3,7,10,13,17H,4-6,8H2,1H3. The van der Waals surface area contributed by atoms with Gasteiger partial charge in [0.05, 0.1) is 16.1 Å². The third-order valence-electron chi connectivity index (χ3n) is 3.38. The highest BCUT2D eigenvalue weighted by molar-refractivity contribution is 6.42. The molecule has 2 rings (SSSR count). The van der Waals surface area contributed by atoms with E-state index in [4.69, 9.17) is 23.2 Å². The number of rotatable bonds is 2. The Bertz CT molecular complexity index is 397. The average Bonchev–Trinajstić information content (AvgIpc) is 2.29. The molecule has 0 aromatic heterocycles. The van der Waals surface area contributed by atoms with Crippen molar-refractivity contribution in [1.82, 2.24) is 4.90 Å². The number of hydrogen-bond donors (Lipinski definition) is 1. The number of benzene rings is 1. The van der Waals surface area contributed by atoms with Gasteiger partial charge in [-0.2, -0.15) is 0 Å². The van der Waals surface area contributed by atoms with Crippen molar-refractivity contribution in [2.45, 2.75) is 18.9 Å². The van der Waals surface area contributed by atoms with Crippen molar-refractivity contribution >= 4 is 23.2 Å². The van der Waals surface area contributed by atoms with E-state index >= 15 is 0 Å². The smallest absolute Gasteiger partial charge is 0.0596 e. The summed E-state index contributed by atoms with van der Waals surface area (Å²) in [6, 6.07) is 5.69. The minimum absolute atomic E-state index is 0.208. The summed E-state index contributed by atoms with van der Waals surface area (Å²) in [5.41, 5.74) is 1.14. The van der Waals surface area contributed by atoms with Crippen LogP contribution in [0.5, 0.6) is 0 Å². The molecule has 1 saturated heterocycles. The Balaban J connectivity index is 2.06. The van der Waals surface area contributed by atoms with Crippen LogP contribution in [0.4, 0.5) is 0 Å². The van der Waals surface area contributed by atoms with Crippen molar-refractivity contribution in [2.75, 3.05) is 20.1 Å². The molecule has 0 radical (unpaired) electrons. The zero-order valence-corrected chi connectivity index (χ0v) is 11.4. The molecule has 0 amide bonds. The number of likely N-dealkylation sites (tertiary alicyclic amines) is 1. The van der Waals surface area contributed by atoms with E-state index in [1.807, 2.05) is 18.2 Å². The van der Waals surface area contributed by atoms with Crippen molar-refractivity contribution < 1.29 is 5.11 Å². The van der Waals surface area contributed by atoms with E-state index in [9.17, 15) is 5.11 Å². The predicted octanol–water partition coefficient (Wildman–Crippen LogP) is 2.85. The van der Waals surface area contributed by atoms with Gasteiger partial charge in [0.1, 0.15) is 0 Å². The van der Waals surface area contributed by atoms with Crippen LogP contribution in [0.2, 0.25) is 10.0 Å². The molecule has 0 aliphatic carbocycles. The minimum Gasteiger partial charge on any atom is -0.393 e. The van der Waals surface area contributed by atoms with Gasteiger partial charge in [0, 0.05) is 19.0 Å². The van der Waals surface area contributed by atoms with Gasteiger partial charge in [0.2, 0.25) is 0 Å². The van der Waals surface area contributed by atoms with E-state index in [0.717, 1.165) is 31.5 Å². The highest BCUT2D eigenvalue weighted by Gasteiger charge is 2.26. The molecule has 4 heteroatoms. The summed E-state index contributed by atoms with van der Waals surface area (Å²) in [6.45, 7) is 1.90. The van der Waals surface area contributed by atoms with Crippen molar-refractivity contribution in [2.24, 2.45) is 5.92 Å². The number of halogens is 2. The van der Waals surface area contributed by atoms with Crippen LogP contribution in [0.1, 0.15) is 12.0 Å². The summed E-state index contributed by atoms with van der Waals surface area (Å²) in [6.07, 6.45) is 1.49. The number of aliphatic hydroxyl groups is 1. The van der Waals surface area contributed by atoms with Gasteiger partial charge in [-0.1, -0.05) is 29.3 Å². The van der Waals surface area contributed by atoms with Gasteiger partial charge in [-0.3, -0.25) is 0 Å². The van der Waals surface area contributed by atoms with Gasteiger partial charge in [-0.25, -0.2) is 0 Å². The maximum absolute atomic E-state index is 9.99. The van der Waals surface area contributed by atoms with Crippen LogP contribution in [0.25, 0.3) is 0 Å². The van der Waals surface area contributed by atoms with E-state index in [1.165, 1.54) is 0 Å². The topological polar surface area (TPSA) is 23.5 Å². The summed E-state index contributed by atoms with van der Waals surface area (Å²) in [5, 5.41) is 11.2. The van der Waals surface area contributed by atoms with Gasteiger partial charge in [0.25, 0.3) is 0 Å². The first-order chi connectivity index (χ1) is 8.06. The van der Waals surface area contributed by atoms with E-state index < -0.39 is 0 Å². The molecule has 94 valence electrons. The molecule has 1 heterocycles. The molecule has 2 nitrogen and oxygen atoms in total. The lowest BCUT2D eigenvalue weighted by Gasteiger charge is -2.34. The van der Waals surface area contributed by atoms with Crippen LogP contribution in [0, 0.1) is 5.92 Å². The molecule has 17 heavy (non-hydrogen) atoms. The third kappa shape index (κ3) is 3.35. The first kappa shape index (κ1) is 13.2. The Hall–Kier alpha value is -0.280. The second-order valence-electron chi connectivity index (χ2n) is 4.83. The van der Waals surface area contributed by atoms with E-state index in [1.54, 1.807) is 0 Å². The first-order valence-electron chi connectivity index (χ1n) is 5.87. The average molecular weight is 274 g/mol. The number of nitrogens with zero attached hydrogens (tertiary/aromatic N) is 1. The second-order valence-corrected chi connectivity index (χ2v) is 5.65. The van der Waals surface area contributed by atoms with E-state index in [0.29, 0.717) is 10.0 Å². The highest BCUT2D eigenvalue weighted by atomic mass is 35.5. The fourth-order valence-corrected chi connectivity index (χ4v) is 2.69. The quantitative estimate of drug-likeness (QED) is 0.896. The SMILES string of the molecule is CN1CCC(O)C(Cc2ccc(Cl)c(Cl)c2)C1. The lowest BCUT2D eigenvalue weighted by atomic mass is 9.89. The van der Waals surface area contributed by atoms with Crippen LogP contribution < -0.4 is 0 Å². The van der Waals surface area contributed by atoms with Gasteiger partial charge >= 0.3 is 0 Å². The van der Waals surface area contributed by atoms with Crippen molar-refractivity contribution in [1.29, 1.82) is 0 Å². The maximum atomic E-state index is 9.99. The van der Waals surface area contributed by atoms with Crippen molar-refractivity contribution in [3.8, 4) is 0 Å². The Kier molecular flexibility index (Phi) is 4.31. The van der Waals surface area contributed by atoms with Crippen molar-refractivity contribution in [3.63, 3.8) is 0 Å². The van der Waals surface area contributed by atoms with E-state index in [-0.39, 0.29) is 12.0 Å². The Labute approximate surface area is 112 Å². The summed E-state index contributed by atoms with van der Waals surface area (Å²) >= 11 is 11.9. The fraction of sp³-hybridized carbons (Fsp3) is 0.538. The summed E-state index contributed by atoms with van der Waals surface area (Å²) in [4.78, 5) is 2.26. The van der Waals surface area contributed by atoms with E-state index in [2.05, 4.69) is 11.9 Å². The van der Waals surface area contributed by atoms with Gasteiger partial charge in [0.15, 0.2) is 0 Å². The second kappa shape index (κ2) is 5.57. The molecule has 1 fully saturated rings. The summed E-state index contributed by atoms with van der Waals surface area (Å²) < 4.78 is 0. The monoisotopic (exact) mass is 273 g/mol. The summed E-state index contributed by atoms with van der Waals surface area (Å²) in [5.74, 6) is 0.283. The van der Waals surface area contributed by atoms with Crippen molar-refractivity contribution in [3.05, 3.63) is 33.8 Å². The number of hydrogen-bond acceptors (Lipinski definition) is 2. The molecule has 2 unspecified atom stereocenters. The largest absolute Gasteiger partial charge is 0.393 e. The molecular weight excluding hydrogens is 257 g/mol. The molecule has 0 bridgehead atoms. The lowest BCUT2D eigenvalue weighted by molar-refractivity contribution is 0.0366. The normalized spacial score (nSPS) is 26.1. The zero-order chi connectivity index (χ0) is 12.4. The Morgan fingerprint density at radius 3 is 2.82 bits per heavy atom. The molecule has 1 aromatic rings. The number of piperidine rings is 1. The molecular formula is C13H17Cl2NO. The Morgan fingerprint density at radius 2 is 2.12 bits per heavy atom. The molecule has 1 aliphatic rings. The van der Waals surface area contributed by atoms with Crippen LogP contribution in [-0.4, -0.2) is 36.2 Å². The predicted molar refractivity (Wildman–Crippen MR) is 71.8 cm³/mol. The van der Waals surface area contributed by atoms with Gasteiger partial charge in [-0.05, 0) is 37.6 Å². The molecule has 1 N–H and O–H groups in total. The number of aliphatic hydroxyl groups excluding tert-OH is 1. The zero-order valence-electron chi connectivity index (χ0n) is 9.87. The lowest BCUT2D eigenvalue weighted by Crippen LogP contribution is -2.41. The Morgan fingerprint density at radius 1 is 1.35 bits per heavy atom. The highest BCUT2D eigenvalue weighted by Crippen LogP contribution is 2.26. The molecule has 1 aromatic carbocycles.